The van der Waals surface area contributed by atoms with Gasteiger partial charge in [0.1, 0.15) is 5.82 Å². The smallest absolute Gasteiger partial charge is 0.234 e. The van der Waals surface area contributed by atoms with Crippen LogP contribution in [-0.2, 0) is 22.6 Å². The molecule has 2 N–H and O–H groups in total. The summed E-state index contributed by atoms with van der Waals surface area (Å²) in [5.41, 5.74) is 5.85. The molecule has 0 aliphatic rings. The van der Waals surface area contributed by atoms with Crippen molar-refractivity contribution in [2.45, 2.75) is 42.2 Å². The molecule has 7 aromatic rings. The van der Waals surface area contributed by atoms with Crippen LogP contribution in [0.3, 0.4) is 0 Å². The third-order valence-corrected chi connectivity index (χ3v) is 11.5. The largest absolute Gasteiger partial charge is 0.325 e. The molecule has 0 spiro atoms. The first kappa shape index (κ1) is 34.5. The minimum absolute atomic E-state index is 0.0812. The second-order valence-corrected chi connectivity index (χ2v) is 15.6. The molecule has 0 fully saturated rings. The molecule has 0 saturated carbocycles. The monoisotopic (exact) mass is 728 g/mol. The molecule has 256 valence electrons. The number of hydrogen-bond acceptors (Lipinski definition) is 8. The van der Waals surface area contributed by atoms with Crippen molar-refractivity contribution in [3.8, 4) is 0 Å². The topological polar surface area (TPSA) is 102 Å². The summed E-state index contributed by atoms with van der Waals surface area (Å²) in [4.78, 5) is 30.4. The first-order chi connectivity index (χ1) is 24.9. The summed E-state index contributed by atoms with van der Waals surface area (Å²) in [6.45, 7) is 4.89. The molecule has 11 heteroatoms. The maximum atomic E-state index is 13.2. The summed E-state index contributed by atoms with van der Waals surface area (Å²) >= 11 is 4.28. The molecule has 51 heavy (non-hydrogen) atoms. The number of anilines is 2. The SMILES string of the molecule is CC(C)c1ccc(NC(=O)CSc2nc3ccc(NC(=O)CSc4nnc(Cc5cccc6ccccc56)n4Cc4ccccc4)cc3s2)cc1. The van der Waals surface area contributed by atoms with E-state index in [-0.39, 0.29) is 23.3 Å². The third-order valence-electron chi connectivity index (χ3n) is 8.38. The molecule has 7 rings (SSSR count). The molecule has 0 bridgehead atoms. The number of benzene rings is 5. The van der Waals surface area contributed by atoms with Gasteiger partial charge < -0.3 is 15.2 Å². The van der Waals surface area contributed by atoms with Crippen LogP contribution in [0, 0.1) is 0 Å². The lowest BCUT2D eigenvalue weighted by Gasteiger charge is -2.12. The molecule has 0 aliphatic heterocycles. The van der Waals surface area contributed by atoms with E-state index in [4.69, 9.17) is 0 Å². The highest BCUT2D eigenvalue weighted by atomic mass is 32.2. The molecule has 0 aliphatic carbocycles. The van der Waals surface area contributed by atoms with Gasteiger partial charge in [0.25, 0.3) is 0 Å². The van der Waals surface area contributed by atoms with Crippen LogP contribution in [-0.4, -0.2) is 43.1 Å². The Morgan fingerprint density at radius 3 is 2.27 bits per heavy atom. The van der Waals surface area contributed by atoms with Gasteiger partial charge in [0.15, 0.2) is 9.50 Å². The lowest BCUT2D eigenvalue weighted by Crippen LogP contribution is -2.15. The van der Waals surface area contributed by atoms with Gasteiger partial charge in [-0.3, -0.25) is 9.59 Å². The molecule has 0 atom stereocenters. The first-order valence-corrected chi connectivity index (χ1v) is 19.5. The number of carbonyl (C=O) groups is 2. The highest BCUT2D eigenvalue weighted by molar-refractivity contribution is 8.01. The van der Waals surface area contributed by atoms with E-state index < -0.39 is 0 Å². The van der Waals surface area contributed by atoms with Gasteiger partial charge in [-0.25, -0.2) is 4.98 Å². The highest BCUT2D eigenvalue weighted by Gasteiger charge is 2.17. The summed E-state index contributed by atoms with van der Waals surface area (Å²) < 4.78 is 3.85. The lowest BCUT2D eigenvalue weighted by atomic mass is 10.0. The van der Waals surface area contributed by atoms with Crippen LogP contribution >= 0.6 is 34.9 Å². The zero-order valence-corrected chi connectivity index (χ0v) is 30.7. The Balaban J connectivity index is 0.980. The van der Waals surface area contributed by atoms with Gasteiger partial charge in [-0.05, 0) is 63.7 Å². The number of hydrogen-bond donors (Lipinski definition) is 2. The first-order valence-electron chi connectivity index (χ1n) is 16.7. The van der Waals surface area contributed by atoms with Gasteiger partial charge >= 0.3 is 0 Å². The maximum absolute atomic E-state index is 13.2. The average Bonchev–Trinajstić information content (AvgIpc) is 3.73. The summed E-state index contributed by atoms with van der Waals surface area (Å²) in [6, 6.07) is 38.5. The number of thioether (sulfide) groups is 2. The fourth-order valence-electron chi connectivity index (χ4n) is 5.74. The Kier molecular flexibility index (Phi) is 10.8. The van der Waals surface area contributed by atoms with E-state index in [1.165, 1.54) is 56.8 Å². The quantitative estimate of drug-likeness (QED) is 0.114. The van der Waals surface area contributed by atoms with Gasteiger partial charge in [0.05, 0.1) is 28.3 Å². The molecule has 0 radical (unpaired) electrons. The van der Waals surface area contributed by atoms with Gasteiger partial charge in [0, 0.05) is 17.8 Å². The minimum Gasteiger partial charge on any atom is -0.325 e. The van der Waals surface area contributed by atoms with Crippen LogP contribution in [0.25, 0.3) is 21.0 Å². The van der Waals surface area contributed by atoms with E-state index in [0.29, 0.717) is 29.7 Å². The number of nitrogens with one attached hydrogen (secondary N) is 2. The second-order valence-electron chi connectivity index (χ2n) is 12.4. The lowest BCUT2D eigenvalue weighted by molar-refractivity contribution is -0.114. The summed E-state index contributed by atoms with van der Waals surface area (Å²) in [6.07, 6.45) is 0.625. The number of fused-ring (bicyclic) bond motifs is 2. The number of rotatable bonds is 13. The molecule has 2 heterocycles. The van der Waals surface area contributed by atoms with Crippen molar-refractivity contribution in [2.75, 3.05) is 22.1 Å². The van der Waals surface area contributed by atoms with E-state index in [9.17, 15) is 9.59 Å². The predicted octanol–water partition coefficient (Wildman–Crippen LogP) is 9.27. The van der Waals surface area contributed by atoms with Crippen molar-refractivity contribution in [2.24, 2.45) is 0 Å². The Morgan fingerprint density at radius 1 is 0.765 bits per heavy atom. The van der Waals surface area contributed by atoms with Crippen molar-refractivity contribution in [3.05, 3.63) is 138 Å². The van der Waals surface area contributed by atoms with Crippen molar-refractivity contribution < 1.29 is 9.59 Å². The van der Waals surface area contributed by atoms with Crippen molar-refractivity contribution in [1.29, 1.82) is 0 Å². The highest BCUT2D eigenvalue weighted by Crippen LogP contribution is 2.32. The van der Waals surface area contributed by atoms with Crippen LogP contribution in [0.5, 0.6) is 0 Å². The second kappa shape index (κ2) is 15.9. The van der Waals surface area contributed by atoms with Crippen molar-refractivity contribution in [1.82, 2.24) is 19.7 Å². The van der Waals surface area contributed by atoms with E-state index in [2.05, 4.69) is 92.8 Å². The van der Waals surface area contributed by atoms with Gasteiger partial charge in [-0.15, -0.1) is 21.5 Å². The standard InChI is InChI=1S/C40H36N6O2S3/c1-26(2)28-15-17-31(18-16-28)41-38(48)25-50-40-43-34-20-19-32(22-35(34)51-40)42-37(47)24-49-39-45-44-36(46(39)23-27-9-4-3-5-10-27)21-30-13-8-12-29-11-6-7-14-33(29)30/h3-20,22,26H,21,23-25H2,1-2H3,(H,41,48)(H,42,47). The fraction of sp³-hybridized carbons (Fsp3) is 0.175. The average molecular weight is 729 g/mol. The third kappa shape index (κ3) is 8.68. The molecule has 2 aromatic heterocycles. The van der Waals surface area contributed by atoms with Gasteiger partial charge in [-0.2, -0.15) is 0 Å². The van der Waals surface area contributed by atoms with Crippen LogP contribution < -0.4 is 10.6 Å². The predicted molar refractivity (Wildman–Crippen MR) is 211 cm³/mol. The molecule has 8 nitrogen and oxygen atoms in total. The number of nitrogens with zero attached hydrogens (tertiary/aromatic N) is 4. The number of amides is 2. The Hall–Kier alpha value is -4.97. The number of thiazole rings is 1. The fourth-order valence-corrected chi connectivity index (χ4v) is 8.41. The molecule has 2 amide bonds. The van der Waals surface area contributed by atoms with Gasteiger partial charge in [0.2, 0.25) is 11.8 Å². The van der Waals surface area contributed by atoms with Gasteiger partial charge in [-0.1, -0.05) is 122 Å². The molecule has 0 unspecified atom stereocenters. The zero-order chi connectivity index (χ0) is 35.2. The van der Waals surface area contributed by atoms with Crippen molar-refractivity contribution >= 4 is 79.0 Å². The minimum atomic E-state index is -0.138. The number of aromatic nitrogens is 4. The summed E-state index contributed by atoms with van der Waals surface area (Å²) in [5, 5.41) is 18.2. The van der Waals surface area contributed by atoms with Crippen LogP contribution in [0.2, 0.25) is 0 Å². The van der Waals surface area contributed by atoms with Crippen LogP contribution in [0.4, 0.5) is 11.4 Å². The van der Waals surface area contributed by atoms with E-state index in [1.807, 2.05) is 66.7 Å². The van der Waals surface area contributed by atoms with E-state index in [1.54, 1.807) is 0 Å². The Bertz CT molecular complexity index is 2300. The molecule has 5 aromatic carbocycles. The Labute approximate surface area is 309 Å². The molecular weight excluding hydrogens is 693 g/mol. The zero-order valence-electron chi connectivity index (χ0n) is 28.2. The van der Waals surface area contributed by atoms with Crippen molar-refractivity contribution in [3.63, 3.8) is 0 Å². The molecular formula is C40H36N6O2S3. The van der Waals surface area contributed by atoms with E-state index in [0.717, 1.165) is 31.6 Å². The maximum Gasteiger partial charge on any atom is 0.234 e. The summed E-state index contributed by atoms with van der Waals surface area (Å²) in [5.74, 6) is 1.50. The normalized spacial score (nSPS) is 11.4. The Morgan fingerprint density at radius 2 is 1.47 bits per heavy atom. The van der Waals surface area contributed by atoms with E-state index >= 15 is 0 Å². The van der Waals surface area contributed by atoms with Crippen LogP contribution in [0.15, 0.2) is 125 Å². The molecule has 0 saturated heterocycles. The summed E-state index contributed by atoms with van der Waals surface area (Å²) in [7, 11) is 0. The number of carbonyl (C=O) groups excluding carboxylic acids is 2. The van der Waals surface area contributed by atoms with Crippen LogP contribution in [0.1, 0.15) is 42.3 Å².